The molecule has 0 fully saturated rings. The Labute approximate surface area is 121 Å². The van der Waals surface area contributed by atoms with Gasteiger partial charge in [0.1, 0.15) is 11.4 Å². The monoisotopic (exact) mass is 294 g/mol. The quantitative estimate of drug-likeness (QED) is 0.907. The first kappa shape index (κ1) is 14.2. The fourth-order valence-electron chi connectivity index (χ4n) is 1.85. The Morgan fingerprint density at radius 2 is 2.30 bits per heavy atom. The summed E-state index contributed by atoms with van der Waals surface area (Å²) in [6, 6.07) is 4.97. The van der Waals surface area contributed by atoms with Gasteiger partial charge in [0.15, 0.2) is 0 Å². The number of rotatable bonds is 4. The lowest BCUT2D eigenvalue weighted by atomic mass is 10.2. The van der Waals surface area contributed by atoms with Gasteiger partial charge in [0, 0.05) is 11.6 Å². The van der Waals surface area contributed by atoms with Crippen LogP contribution in [-0.4, -0.2) is 22.8 Å². The number of methoxy groups -OCH3 is 1. The molecule has 1 amide bonds. The van der Waals surface area contributed by atoms with Crippen molar-refractivity contribution < 1.29 is 9.53 Å². The van der Waals surface area contributed by atoms with E-state index in [1.54, 1.807) is 18.2 Å². The molecule has 1 aromatic heterocycles. The van der Waals surface area contributed by atoms with Gasteiger partial charge in [-0.25, -0.2) is 0 Å². The Hall–Kier alpha value is -2.21. The second-order valence-corrected chi connectivity index (χ2v) is 4.50. The normalized spacial score (nSPS) is 10.3. The zero-order chi connectivity index (χ0) is 14.7. The zero-order valence-electron chi connectivity index (χ0n) is 11.2. The van der Waals surface area contributed by atoms with Crippen LogP contribution in [0.2, 0.25) is 5.02 Å². The third kappa shape index (κ3) is 2.70. The van der Waals surface area contributed by atoms with E-state index < -0.39 is 0 Å². The molecule has 0 aliphatic carbocycles. The SMILES string of the molecule is CCn1ncc(N)c1C(=O)Nc1cc(Cl)ccc1OC. The maximum Gasteiger partial charge on any atom is 0.276 e. The minimum Gasteiger partial charge on any atom is -0.495 e. The van der Waals surface area contributed by atoms with Crippen molar-refractivity contribution in [2.24, 2.45) is 0 Å². The molecule has 7 heteroatoms. The smallest absolute Gasteiger partial charge is 0.276 e. The van der Waals surface area contributed by atoms with E-state index >= 15 is 0 Å². The molecule has 0 bridgehead atoms. The highest BCUT2D eigenvalue weighted by Gasteiger charge is 2.17. The van der Waals surface area contributed by atoms with Crippen molar-refractivity contribution >= 4 is 28.9 Å². The Balaban J connectivity index is 2.32. The van der Waals surface area contributed by atoms with Crippen LogP contribution < -0.4 is 15.8 Å². The lowest BCUT2D eigenvalue weighted by Gasteiger charge is -2.11. The van der Waals surface area contributed by atoms with Gasteiger partial charge in [0.05, 0.1) is 24.7 Å². The van der Waals surface area contributed by atoms with Gasteiger partial charge in [-0.1, -0.05) is 11.6 Å². The van der Waals surface area contributed by atoms with Crippen molar-refractivity contribution in [3.63, 3.8) is 0 Å². The largest absolute Gasteiger partial charge is 0.495 e. The minimum atomic E-state index is -0.359. The number of carbonyl (C=O) groups is 1. The number of ether oxygens (including phenoxy) is 1. The van der Waals surface area contributed by atoms with E-state index in [4.69, 9.17) is 22.1 Å². The molecule has 2 rings (SSSR count). The van der Waals surface area contributed by atoms with E-state index in [9.17, 15) is 4.79 Å². The Bertz CT molecular complexity index is 639. The van der Waals surface area contributed by atoms with Crippen LogP contribution in [0.4, 0.5) is 11.4 Å². The van der Waals surface area contributed by atoms with E-state index in [0.29, 0.717) is 34.4 Å². The van der Waals surface area contributed by atoms with Gasteiger partial charge in [-0.2, -0.15) is 5.10 Å². The van der Waals surface area contributed by atoms with Gasteiger partial charge in [-0.05, 0) is 25.1 Å². The lowest BCUT2D eigenvalue weighted by molar-refractivity contribution is 0.101. The fraction of sp³-hybridized carbons (Fsp3) is 0.231. The van der Waals surface area contributed by atoms with E-state index in [1.807, 2.05) is 6.92 Å². The van der Waals surface area contributed by atoms with E-state index in [0.717, 1.165) is 0 Å². The van der Waals surface area contributed by atoms with E-state index in [1.165, 1.54) is 18.0 Å². The van der Waals surface area contributed by atoms with Crippen LogP contribution in [0.25, 0.3) is 0 Å². The van der Waals surface area contributed by atoms with Crippen molar-refractivity contribution in [2.75, 3.05) is 18.2 Å². The molecular formula is C13H15ClN4O2. The van der Waals surface area contributed by atoms with Crippen molar-refractivity contribution in [1.29, 1.82) is 0 Å². The summed E-state index contributed by atoms with van der Waals surface area (Å²) in [6.07, 6.45) is 1.45. The summed E-state index contributed by atoms with van der Waals surface area (Å²) in [7, 11) is 1.52. The number of aromatic nitrogens is 2. The number of nitrogens with two attached hydrogens (primary N) is 1. The molecule has 2 aromatic rings. The van der Waals surface area contributed by atoms with Crippen LogP contribution in [0.1, 0.15) is 17.4 Å². The summed E-state index contributed by atoms with van der Waals surface area (Å²) in [5.74, 6) is 0.159. The molecule has 20 heavy (non-hydrogen) atoms. The molecule has 0 spiro atoms. The van der Waals surface area contributed by atoms with Crippen molar-refractivity contribution in [3.05, 3.63) is 35.1 Å². The van der Waals surface area contributed by atoms with Crippen molar-refractivity contribution in [2.45, 2.75) is 13.5 Å². The summed E-state index contributed by atoms with van der Waals surface area (Å²) in [6.45, 7) is 2.43. The van der Waals surface area contributed by atoms with Crippen LogP contribution in [0.3, 0.4) is 0 Å². The minimum absolute atomic E-state index is 0.314. The van der Waals surface area contributed by atoms with Crippen molar-refractivity contribution in [3.8, 4) is 5.75 Å². The molecule has 0 atom stereocenters. The highest BCUT2D eigenvalue weighted by Crippen LogP contribution is 2.28. The molecular weight excluding hydrogens is 280 g/mol. The number of nitrogens with one attached hydrogen (secondary N) is 1. The maximum atomic E-state index is 12.3. The average molecular weight is 295 g/mol. The second kappa shape index (κ2) is 5.83. The second-order valence-electron chi connectivity index (χ2n) is 4.06. The molecule has 0 saturated carbocycles. The van der Waals surface area contributed by atoms with E-state index in [-0.39, 0.29) is 5.91 Å². The number of nitrogens with zero attached hydrogens (tertiary/aromatic N) is 2. The highest BCUT2D eigenvalue weighted by atomic mass is 35.5. The maximum absolute atomic E-state index is 12.3. The first-order chi connectivity index (χ1) is 9.56. The molecule has 0 aliphatic rings. The first-order valence-electron chi connectivity index (χ1n) is 6.03. The number of hydrogen-bond acceptors (Lipinski definition) is 4. The van der Waals surface area contributed by atoms with Gasteiger partial charge in [0.2, 0.25) is 0 Å². The fourth-order valence-corrected chi connectivity index (χ4v) is 2.02. The van der Waals surface area contributed by atoms with Gasteiger partial charge in [0.25, 0.3) is 5.91 Å². The topological polar surface area (TPSA) is 82.2 Å². The number of benzene rings is 1. The van der Waals surface area contributed by atoms with Crippen LogP contribution in [0.5, 0.6) is 5.75 Å². The average Bonchev–Trinajstić information content (AvgIpc) is 2.80. The Morgan fingerprint density at radius 1 is 1.55 bits per heavy atom. The molecule has 106 valence electrons. The zero-order valence-corrected chi connectivity index (χ0v) is 11.9. The summed E-state index contributed by atoms with van der Waals surface area (Å²) in [5, 5.41) is 7.26. The Kier molecular flexibility index (Phi) is 4.14. The predicted octanol–water partition coefficient (Wildman–Crippen LogP) is 2.40. The molecule has 3 N–H and O–H groups in total. The molecule has 1 aromatic carbocycles. The Morgan fingerprint density at radius 3 is 2.95 bits per heavy atom. The van der Waals surface area contributed by atoms with Gasteiger partial charge in [-0.3, -0.25) is 9.48 Å². The lowest BCUT2D eigenvalue weighted by Crippen LogP contribution is -2.19. The van der Waals surface area contributed by atoms with Gasteiger partial charge in [-0.15, -0.1) is 0 Å². The van der Waals surface area contributed by atoms with Crippen LogP contribution in [-0.2, 0) is 6.54 Å². The summed E-state index contributed by atoms with van der Waals surface area (Å²) >= 11 is 5.92. The van der Waals surface area contributed by atoms with Gasteiger partial charge < -0.3 is 15.8 Å². The molecule has 0 radical (unpaired) electrons. The summed E-state index contributed by atoms with van der Waals surface area (Å²) in [4.78, 5) is 12.3. The summed E-state index contributed by atoms with van der Waals surface area (Å²) < 4.78 is 6.71. The van der Waals surface area contributed by atoms with Crippen LogP contribution in [0, 0.1) is 0 Å². The highest BCUT2D eigenvalue weighted by molar-refractivity contribution is 6.31. The third-order valence-electron chi connectivity index (χ3n) is 2.79. The van der Waals surface area contributed by atoms with E-state index in [2.05, 4.69) is 10.4 Å². The van der Waals surface area contributed by atoms with Gasteiger partial charge >= 0.3 is 0 Å². The number of halogens is 1. The van der Waals surface area contributed by atoms with Crippen molar-refractivity contribution in [1.82, 2.24) is 9.78 Å². The number of anilines is 2. The first-order valence-corrected chi connectivity index (χ1v) is 6.40. The number of nitrogen functional groups attached to an aromatic ring is 1. The molecule has 1 heterocycles. The summed E-state index contributed by atoms with van der Waals surface area (Å²) in [5.41, 5.74) is 6.89. The number of aryl methyl sites for hydroxylation is 1. The molecule has 0 unspecified atom stereocenters. The third-order valence-corrected chi connectivity index (χ3v) is 3.03. The number of amides is 1. The van der Waals surface area contributed by atoms with Crippen LogP contribution in [0.15, 0.2) is 24.4 Å². The molecule has 6 nitrogen and oxygen atoms in total. The predicted molar refractivity (Wildman–Crippen MR) is 78.3 cm³/mol. The number of hydrogen-bond donors (Lipinski definition) is 2. The number of carbonyl (C=O) groups excluding carboxylic acids is 1. The van der Waals surface area contributed by atoms with Crippen LogP contribution >= 0.6 is 11.6 Å². The molecule has 0 aliphatic heterocycles. The standard InChI is InChI=1S/C13H15ClN4O2/c1-3-18-12(9(15)7-16-18)13(19)17-10-6-8(14)4-5-11(10)20-2/h4-7H,3,15H2,1-2H3,(H,17,19). The molecule has 0 saturated heterocycles.